The van der Waals surface area contributed by atoms with Gasteiger partial charge >= 0.3 is 5.97 Å². The van der Waals surface area contributed by atoms with Gasteiger partial charge in [0, 0.05) is 5.69 Å². The average Bonchev–Trinajstić information content (AvgIpc) is 2.29. The lowest BCUT2D eigenvalue weighted by atomic mass is 10.2. The molecule has 7 heteroatoms. The molecule has 0 aliphatic heterocycles. The molecule has 90 valence electrons. The molecule has 5 N–H and O–H groups in total. The molecular formula is C10H11N3O4. The molecule has 1 rings (SSSR count). The van der Waals surface area contributed by atoms with E-state index in [-0.39, 0.29) is 17.8 Å². The van der Waals surface area contributed by atoms with E-state index in [0.29, 0.717) is 5.69 Å². The fraction of sp³-hybridized carbons (Fsp3) is 0.100. The Balaban J connectivity index is 2.63. The van der Waals surface area contributed by atoms with Crippen LogP contribution in [0.4, 0.5) is 5.69 Å². The number of benzene rings is 1. The maximum atomic E-state index is 11.3. The van der Waals surface area contributed by atoms with Crippen LogP contribution in [-0.2, 0) is 4.79 Å². The predicted octanol–water partition coefficient (Wildman–Crippen LogP) is 0.460. The SMILES string of the molecule is NC(CC(=O)Nc1ccc(C(=O)O)cc1)=NO. The number of amidine groups is 1. The van der Waals surface area contributed by atoms with Gasteiger partial charge in [0.15, 0.2) is 0 Å². The maximum Gasteiger partial charge on any atom is 0.335 e. The Morgan fingerprint density at radius 1 is 1.29 bits per heavy atom. The Bertz CT molecular complexity index is 453. The van der Waals surface area contributed by atoms with Crippen LogP contribution in [0.3, 0.4) is 0 Å². The van der Waals surface area contributed by atoms with Gasteiger partial charge in [0.05, 0.1) is 12.0 Å². The summed E-state index contributed by atoms with van der Waals surface area (Å²) >= 11 is 0. The monoisotopic (exact) mass is 237 g/mol. The maximum absolute atomic E-state index is 11.3. The number of aromatic carboxylic acids is 1. The second kappa shape index (κ2) is 5.50. The normalized spacial score (nSPS) is 10.9. The third-order valence-electron chi connectivity index (χ3n) is 1.89. The molecule has 1 aromatic rings. The molecule has 0 saturated carbocycles. The average molecular weight is 237 g/mol. The minimum Gasteiger partial charge on any atom is -0.478 e. The molecule has 0 saturated heterocycles. The fourth-order valence-corrected chi connectivity index (χ4v) is 1.10. The van der Waals surface area contributed by atoms with Crippen molar-refractivity contribution in [1.82, 2.24) is 0 Å². The number of carboxylic acid groups (broad SMARTS) is 1. The van der Waals surface area contributed by atoms with Gasteiger partial charge in [-0.15, -0.1) is 0 Å². The summed E-state index contributed by atoms with van der Waals surface area (Å²) in [6, 6.07) is 5.63. The van der Waals surface area contributed by atoms with E-state index in [4.69, 9.17) is 16.0 Å². The smallest absolute Gasteiger partial charge is 0.335 e. The van der Waals surface area contributed by atoms with Crippen molar-refractivity contribution < 1.29 is 19.9 Å². The van der Waals surface area contributed by atoms with E-state index in [2.05, 4.69) is 10.5 Å². The topological polar surface area (TPSA) is 125 Å². The summed E-state index contributed by atoms with van der Waals surface area (Å²) in [7, 11) is 0. The molecule has 0 aliphatic carbocycles. The summed E-state index contributed by atoms with van der Waals surface area (Å²) in [5.74, 6) is -1.70. The number of rotatable bonds is 4. The van der Waals surface area contributed by atoms with E-state index in [1.807, 2.05) is 0 Å². The zero-order valence-corrected chi connectivity index (χ0v) is 8.75. The van der Waals surface area contributed by atoms with E-state index >= 15 is 0 Å². The summed E-state index contributed by atoms with van der Waals surface area (Å²) in [5, 5.41) is 22.1. The van der Waals surface area contributed by atoms with E-state index in [1.165, 1.54) is 24.3 Å². The highest BCUT2D eigenvalue weighted by Gasteiger charge is 2.06. The summed E-state index contributed by atoms with van der Waals surface area (Å²) < 4.78 is 0. The van der Waals surface area contributed by atoms with Gasteiger partial charge in [-0.1, -0.05) is 5.16 Å². The van der Waals surface area contributed by atoms with Crippen molar-refractivity contribution in [3.8, 4) is 0 Å². The summed E-state index contributed by atoms with van der Waals surface area (Å²) in [5.41, 5.74) is 5.71. The molecule has 0 spiro atoms. The Hall–Kier alpha value is -2.57. The van der Waals surface area contributed by atoms with Crippen LogP contribution in [0, 0.1) is 0 Å². The van der Waals surface area contributed by atoms with Crippen LogP contribution in [0.15, 0.2) is 29.4 Å². The van der Waals surface area contributed by atoms with E-state index in [9.17, 15) is 9.59 Å². The number of anilines is 1. The first kappa shape index (κ1) is 12.5. The van der Waals surface area contributed by atoms with Gasteiger partial charge in [-0.05, 0) is 24.3 Å². The van der Waals surface area contributed by atoms with Gasteiger partial charge in [-0.25, -0.2) is 4.79 Å². The highest BCUT2D eigenvalue weighted by Crippen LogP contribution is 2.09. The Morgan fingerprint density at radius 3 is 2.35 bits per heavy atom. The number of carboxylic acids is 1. The van der Waals surface area contributed by atoms with Crippen molar-refractivity contribution in [2.24, 2.45) is 10.9 Å². The molecule has 0 bridgehead atoms. The molecule has 17 heavy (non-hydrogen) atoms. The zero-order chi connectivity index (χ0) is 12.8. The molecule has 0 aromatic heterocycles. The molecule has 7 nitrogen and oxygen atoms in total. The van der Waals surface area contributed by atoms with Crippen LogP contribution < -0.4 is 11.1 Å². The Labute approximate surface area is 96.5 Å². The predicted molar refractivity (Wildman–Crippen MR) is 60.1 cm³/mol. The highest BCUT2D eigenvalue weighted by molar-refractivity contribution is 6.04. The number of nitrogens with one attached hydrogen (secondary N) is 1. The second-order valence-corrected chi connectivity index (χ2v) is 3.20. The van der Waals surface area contributed by atoms with Gasteiger partial charge in [-0.2, -0.15) is 0 Å². The molecule has 0 fully saturated rings. The molecule has 0 atom stereocenters. The van der Waals surface area contributed by atoms with Gasteiger partial charge in [0.1, 0.15) is 5.84 Å². The van der Waals surface area contributed by atoms with Crippen LogP contribution >= 0.6 is 0 Å². The van der Waals surface area contributed by atoms with Crippen LogP contribution in [0.5, 0.6) is 0 Å². The number of carbonyl (C=O) groups excluding carboxylic acids is 1. The lowest BCUT2D eigenvalue weighted by Gasteiger charge is -2.04. The number of oxime groups is 1. The standard InChI is InChI=1S/C10H11N3O4/c11-8(13-17)5-9(14)12-7-3-1-6(2-4-7)10(15)16/h1-4,17H,5H2,(H2,11,13)(H,12,14)(H,15,16). The van der Waals surface area contributed by atoms with Crippen molar-refractivity contribution in [3.05, 3.63) is 29.8 Å². The van der Waals surface area contributed by atoms with E-state index < -0.39 is 11.9 Å². The fourth-order valence-electron chi connectivity index (χ4n) is 1.10. The van der Waals surface area contributed by atoms with Crippen LogP contribution in [-0.4, -0.2) is 28.0 Å². The lowest BCUT2D eigenvalue weighted by Crippen LogP contribution is -2.22. The summed E-state index contributed by atoms with van der Waals surface area (Å²) in [6.45, 7) is 0. The summed E-state index contributed by atoms with van der Waals surface area (Å²) in [6.07, 6.45) is -0.239. The number of hydrogen-bond donors (Lipinski definition) is 4. The van der Waals surface area contributed by atoms with E-state index in [1.54, 1.807) is 0 Å². The Kier molecular flexibility index (Phi) is 4.04. The first-order chi connectivity index (χ1) is 8.02. The quantitative estimate of drug-likeness (QED) is 0.262. The van der Waals surface area contributed by atoms with Gasteiger partial charge in [0.25, 0.3) is 0 Å². The molecule has 1 aromatic carbocycles. The van der Waals surface area contributed by atoms with Crippen molar-refractivity contribution in [2.75, 3.05) is 5.32 Å². The minimum absolute atomic E-state index is 0.124. The molecule has 0 aliphatic rings. The Morgan fingerprint density at radius 2 is 1.88 bits per heavy atom. The molecule has 0 unspecified atom stereocenters. The molecule has 0 heterocycles. The van der Waals surface area contributed by atoms with Crippen LogP contribution in [0.25, 0.3) is 0 Å². The number of carbonyl (C=O) groups is 2. The lowest BCUT2D eigenvalue weighted by molar-refractivity contribution is -0.115. The van der Waals surface area contributed by atoms with Gasteiger partial charge in [0.2, 0.25) is 5.91 Å². The first-order valence-corrected chi connectivity index (χ1v) is 4.62. The zero-order valence-electron chi connectivity index (χ0n) is 8.75. The van der Waals surface area contributed by atoms with Gasteiger partial charge < -0.3 is 21.4 Å². The molecular weight excluding hydrogens is 226 g/mol. The van der Waals surface area contributed by atoms with Crippen molar-refractivity contribution >= 4 is 23.4 Å². The number of nitrogens with zero attached hydrogens (tertiary/aromatic N) is 1. The van der Waals surface area contributed by atoms with Crippen molar-refractivity contribution in [3.63, 3.8) is 0 Å². The number of nitrogens with two attached hydrogens (primary N) is 1. The summed E-state index contributed by atoms with van der Waals surface area (Å²) in [4.78, 5) is 21.9. The van der Waals surface area contributed by atoms with E-state index in [0.717, 1.165) is 0 Å². The number of amides is 1. The number of hydrogen-bond acceptors (Lipinski definition) is 4. The molecule has 0 radical (unpaired) electrons. The minimum atomic E-state index is -1.04. The molecule has 1 amide bonds. The second-order valence-electron chi connectivity index (χ2n) is 3.20. The third-order valence-corrected chi connectivity index (χ3v) is 1.89. The first-order valence-electron chi connectivity index (χ1n) is 4.62. The van der Waals surface area contributed by atoms with Crippen LogP contribution in [0.2, 0.25) is 0 Å². The van der Waals surface area contributed by atoms with Crippen molar-refractivity contribution in [2.45, 2.75) is 6.42 Å². The van der Waals surface area contributed by atoms with Gasteiger partial charge in [-0.3, -0.25) is 4.79 Å². The highest BCUT2D eigenvalue weighted by atomic mass is 16.4. The van der Waals surface area contributed by atoms with Crippen LogP contribution in [0.1, 0.15) is 16.8 Å². The largest absolute Gasteiger partial charge is 0.478 e. The van der Waals surface area contributed by atoms with Crippen molar-refractivity contribution in [1.29, 1.82) is 0 Å². The third kappa shape index (κ3) is 3.82.